The van der Waals surface area contributed by atoms with Crippen molar-refractivity contribution in [3.8, 4) is 0 Å². The van der Waals surface area contributed by atoms with Gasteiger partial charge in [-0.15, -0.1) is 0 Å². The van der Waals surface area contributed by atoms with Gasteiger partial charge in [0, 0.05) is 13.1 Å². The molecule has 0 aromatic carbocycles. The summed E-state index contributed by atoms with van der Waals surface area (Å²) in [5.74, 6) is -2.09. The van der Waals surface area contributed by atoms with Gasteiger partial charge in [0.05, 0.1) is 54.6 Å². The minimum atomic E-state index is -0.522. The van der Waals surface area contributed by atoms with Crippen molar-refractivity contribution in [2.75, 3.05) is 67.7 Å². The first kappa shape index (κ1) is 21.8. The monoisotopic (exact) mass is 348 g/mol. The van der Waals surface area contributed by atoms with E-state index in [4.69, 9.17) is 0 Å². The van der Waals surface area contributed by atoms with Gasteiger partial charge in [0.25, 0.3) is 0 Å². The van der Waals surface area contributed by atoms with Gasteiger partial charge < -0.3 is 18.9 Å². The predicted molar refractivity (Wildman–Crippen MR) is 80.9 cm³/mol. The summed E-state index contributed by atoms with van der Waals surface area (Å²) in [5, 5.41) is 0. The second-order valence-electron chi connectivity index (χ2n) is 4.73. The first-order valence-corrected chi connectivity index (χ1v) is 7.08. The summed E-state index contributed by atoms with van der Waals surface area (Å²) < 4.78 is 18.3. The molecule has 0 radical (unpaired) electrons. The lowest BCUT2D eigenvalue weighted by Crippen LogP contribution is -2.44. The van der Waals surface area contributed by atoms with Gasteiger partial charge in [-0.1, -0.05) is 0 Å². The molecule has 0 rings (SSSR count). The van der Waals surface area contributed by atoms with Crippen LogP contribution in [-0.2, 0) is 38.1 Å². The number of carbonyl (C=O) groups is 4. The van der Waals surface area contributed by atoms with E-state index in [1.807, 2.05) is 0 Å². The lowest BCUT2D eigenvalue weighted by atomic mass is 10.4. The van der Waals surface area contributed by atoms with Crippen LogP contribution in [0.15, 0.2) is 0 Å². The number of hydrogen-bond donors (Lipinski definition) is 0. The number of ether oxygens (including phenoxy) is 4. The third-order valence-electron chi connectivity index (χ3n) is 3.05. The SMILES string of the molecule is COC(=O)CN(CCN(CC(=O)OC)CC(=O)OC)CC(=O)OC. The third-order valence-corrected chi connectivity index (χ3v) is 3.05. The molecule has 0 unspecified atom stereocenters. The summed E-state index contributed by atoms with van der Waals surface area (Å²) in [4.78, 5) is 48.6. The van der Waals surface area contributed by atoms with Crippen molar-refractivity contribution in [3.63, 3.8) is 0 Å². The molecular formula is C14H24N2O8. The molecule has 0 aliphatic heterocycles. The van der Waals surface area contributed by atoms with Crippen LogP contribution in [0.2, 0.25) is 0 Å². The molecule has 0 spiro atoms. The standard InChI is InChI=1S/C14H24N2O8/c1-21-11(17)7-15(8-12(18)22-2)5-6-16(9-13(19)23-3)10-14(20)24-4/h5-10H2,1-4H3. The Labute approximate surface area is 140 Å². The highest BCUT2D eigenvalue weighted by molar-refractivity contribution is 5.75. The Morgan fingerprint density at radius 3 is 0.917 bits per heavy atom. The van der Waals surface area contributed by atoms with E-state index in [9.17, 15) is 19.2 Å². The summed E-state index contributed by atoms with van der Waals surface area (Å²) in [7, 11) is 4.94. The normalized spacial score (nSPS) is 10.4. The van der Waals surface area contributed by atoms with Crippen molar-refractivity contribution in [1.29, 1.82) is 0 Å². The largest absolute Gasteiger partial charge is 0.468 e. The summed E-state index contributed by atoms with van der Waals surface area (Å²) >= 11 is 0. The Morgan fingerprint density at radius 1 is 0.542 bits per heavy atom. The van der Waals surface area contributed by atoms with Crippen LogP contribution in [-0.4, -0.2) is 101 Å². The lowest BCUT2D eigenvalue weighted by Gasteiger charge is -2.25. The minimum absolute atomic E-state index is 0.129. The Balaban J connectivity index is 4.78. The molecule has 0 N–H and O–H groups in total. The summed E-state index contributed by atoms with van der Waals surface area (Å²) in [6.07, 6.45) is 0. The molecule has 10 nitrogen and oxygen atoms in total. The van der Waals surface area contributed by atoms with Crippen molar-refractivity contribution in [2.45, 2.75) is 0 Å². The van der Waals surface area contributed by atoms with E-state index in [-0.39, 0.29) is 39.3 Å². The average molecular weight is 348 g/mol. The Bertz CT molecular complexity index is 364. The van der Waals surface area contributed by atoms with Crippen LogP contribution in [0.4, 0.5) is 0 Å². The molecule has 0 atom stereocenters. The molecular weight excluding hydrogens is 324 g/mol. The molecule has 0 saturated carbocycles. The van der Waals surface area contributed by atoms with E-state index in [0.29, 0.717) is 0 Å². The van der Waals surface area contributed by atoms with E-state index < -0.39 is 23.9 Å². The van der Waals surface area contributed by atoms with Gasteiger partial charge in [-0.25, -0.2) is 0 Å². The van der Waals surface area contributed by atoms with Gasteiger partial charge in [0.15, 0.2) is 0 Å². The topological polar surface area (TPSA) is 112 Å². The molecule has 0 saturated heterocycles. The number of nitrogens with zero attached hydrogens (tertiary/aromatic N) is 2. The maximum Gasteiger partial charge on any atom is 0.319 e. The number of hydrogen-bond acceptors (Lipinski definition) is 10. The van der Waals surface area contributed by atoms with E-state index in [1.54, 1.807) is 0 Å². The van der Waals surface area contributed by atoms with Crippen LogP contribution in [0.5, 0.6) is 0 Å². The maximum atomic E-state index is 11.4. The molecule has 0 aromatic rings. The fraction of sp³-hybridized carbons (Fsp3) is 0.714. The quantitative estimate of drug-likeness (QED) is 0.316. The van der Waals surface area contributed by atoms with Crippen LogP contribution < -0.4 is 0 Å². The minimum Gasteiger partial charge on any atom is -0.468 e. The van der Waals surface area contributed by atoms with Gasteiger partial charge in [-0.3, -0.25) is 29.0 Å². The molecule has 0 heterocycles. The van der Waals surface area contributed by atoms with Gasteiger partial charge in [0.2, 0.25) is 0 Å². The lowest BCUT2D eigenvalue weighted by molar-refractivity contribution is -0.148. The van der Waals surface area contributed by atoms with Crippen molar-refractivity contribution in [1.82, 2.24) is 9.80 Å². The second kappa shape index (κ2) is 12.3. The highest BCUT2D eigenvalue weighted by Gasteiger charge is 2.19. The molecule has 138 valence electrons. The van der Waals surface area contributed by atoms with Gasteiger partial charge >= 0.3 is 23.9 Å². The summed E-state index contributed by atoms with van der Waals surface area (Å²) in [6, 6.07) is 0. The summed E-state index contributed by atoms with van der Waals surface area (Å²) in [5.41, 5.74) is 0. The number of rotatable bonds is 11. The van der Waals surface area contributed by atoms with Crippen LogP contribution in [0.1, 0.15) is 0 Å². The van der Waals surface area contributed by atoms with E-state index in [1.165, 1.54) is 38.2 Å². The molecule has 0 aromatic heterocycles. The number of esters is 4. The Kier molecular flexibility index (Phi) is 11.1. The zero-order chi connectivity index (χ0) is 18.5. The summed E-state index contributed by atoms with van der Waals surface area (Å²) in [6.45, 7) is -0.0755. The molecule has 0 aliphatic carbocycles. The molecule has 0 bridgehead atoms. The highest BCUT2D eigenvalue weighted by atomic mass is 16.5. The zero-order valence-corrected chi connectivity index (χ0v) is 14.4. The molecule has 10 heteroatoms. The third kappa shape index (κ3) is 9.74. The van der Waals surface area contributed by atoms with E-state index in [0.717, 1.165) is 0 Å². The molecule has 24 heavy (non-hydrogen) atoms. The predicted octanol–water partition coefficient (Wildman–Crippen LogP) is -1.72. The smallest absolute Gasteiger partial charge is 0.319 e. The van der Waals surface area contributed by atoms with E-state index >= 15 is 0 Å². The van der Waals surface area contributed by atoms with Crippen LogP contribution in [0.3, 0.4) is 0 Å². The van der Waals surface area contributed by atoms with Crippen LogP contribution in [0.25, 0.3) is 0 Å². The second-order valence-corrected chi connectivity index (χ2v) is 4.73. The van der Waals surface area contributed by atoms with E-state index in [2.05, 4.69) is 18.9 Å². The van der Waals surface area contributed by atoms with Crippen molar-refractivity contribution in [2.24, 2.45) is 0 Å². The van der Waals surface area contributed by atoms with Crippen molar-refractivity contribution >= 4 is 23.9 Å². The fourth-order valence-corrected chi connectivity index (χ4v) is 1.70. The fourth-order valence-electron chi connectivity index (χ4n) is 1.70. The molecule has 0 fully saturated rings. The number of methoxy groups -OCH3 is 4. The average Bonchev–Trinajstić information content (AvgIpc) is 2.58. The molecule has 0 amide bonds. The van der Waals surface area contributed by atoms with Crippen LogP contribution in [0, 0.1) is 0 Å². The maximum absolute atomic E-state index is 11.4. The number of carbonyl (C=O) groups excluding carboxylic acids is 4. The van der Waals surface area contributed by atoms with Gasteiger partial charge in [-0.2, -0.15) is 0 Å². The highest BCUT2D eigenvalue weighted by Crippen LogP contribution is 1.97. The first-order valence-electron chi connectivity index (χ1n) is 7.08. The van der Waals surface area contributed by atoms with Crippen LogP contribution >= 0.6 is 0 Å². The van der Waals surface area contributed by atoms with Gasteiger partial charge in [0.1, 0.15) is 0 Å². The zero-order valence-electron chi connectivity index (χ0n) is 14.4. The first-order chi connectivity index (χ1) is 11.4. The Hall–Kier alpha value is -2.20. The molecule has 0 aliphatic rings. The van der Waals surface area contributed by atoms with Crippen molar-refractivity contribution in [3.05, 3.63) is 0 Å². The van der Waals surface area contributed by atoms with Crippen molar-refractivity contribution < 1.29 is 38.1 Å². The Morgan fingerprint density at radius 2 is 0.750 bits per heavy atom. The van der Waals surface area contributed by atoms with Gasteiger partial charge in [-0.05, 0) is 0 Å².